The third-order valence-corrected chi connectivity index (χ3v) is 5.14. The van der Waals surface area contributed by atoms with Crippen molar-refractivity contribution < 1.29 is 4.79 Å². The van der Waals surface area contributed by atoms with Gasteiger partial charge in [-0.05, 0) is 37.6 Å². The summed E-state index contributed by atoms with van der Waals surface area (Å²) in [5.74, 6) is -0.216. The van der Waals surface area contributed by atoms with Crippen molar-refractivity contribution >= 4 is 23.0 Å². The molecule has 0 saturated carbocycles. The summed E-state index contributed by atoms with van der Waals surface area (Å²) in [4.78, 5) is 12.3. The van der Waals surface area contributed by atoms with Crippen molar-refractivity contribution in [3.63, 3.8) is 0 Å². The maximum atomic E-state index is 12.3. The van der Waals surface area contributed by atoms with Crippen molar-refractivity contribution in [3.8, 4) is 0 Å². The van der Waals surface area contributed by atoms with E-state index in [0.29, 0.717) is 5.56 Å². The molecule has 29 heavy (non-hydrogen) atoms. The smallest absolute Gasteiger partial charge is 0.271 e. The lowest BCUT2D eigenvalue weighted by molar-refractivity contribution is 0.0955. The van der Waals surface area contributed by atoms with Gasteiger partial charge in [0.1, 0.15) is 0 Å². The lowest BCUT2D eigenvalue weighted by atomic mass is 10.1. The van der Waals surface area contributed by atoms with Crippen molar-refractivity contribution in [2.45, 2.75) is 20.4 Å². The van der Waals surface area contributed by atoms with Gasteiger partial charge < -0.3 is 4.57 Å². The first kappa shape index (κ1) is 18.7. The van der Waals surface area contributed by atoms with Crippen LogP contribution in [0, 0.1) is 13.8 Å². The van der Waals surface area contributed by atoms with Crippen LogP contribution in [0.3, 0.4) is 0 Å². The zero-order chi connectivity index (χ0) is 20.2. The first-order valence-electron chi connectivity index (χ1n) is 9.65. The van der Waals surface area contributed by atoms with Crippen molar-refractivity contribution in [2.24, 2.45) is 5.10 Å². The number of benzene rings is 3. The molecule has 0 atom stereocenters. The number of aromatic nitrogens is 1. The monoisotopic (exact) mass is 381 g/mol. The second-order valence-corrected chi connectivity index (χ2v) is 7.15. The number of hydrogen-bond acceptors (Lipinski definition) is 2. The number of hydrogen-bond donors (Lipinski definition) is 1. The summed E-state index contributed by atoms with van der Waals surface area (Å²) in [5.41, 5.74) is 8.87. The molecule has 0 fully saturated rings. The van der Waals surface area contributed by atoms with E-state index in [9.17, 15) is 4.79 Å². The standard InChI is InChI=1S/C25H23N3O/c1-18-12-14-21(15-13-18)25(29)27-26-16-23-19(2)28(17-20-8-4-3-5-9-20)24-11-7-6-10-22(23)24/h3-16H,17H2,1-2H3,(H,27,29)/b26-16-. The summed E-state index contributed by atoms with van der Waals surface area (Å²) >= 11 is 0. The van der Waals surface area contributed by atoms with Crippen molar-refractivity contribution in [1.29, 1.82) is 0 Å². The van der Waals surface area contributed by atoms with E-state index < -0.39 is 0 Å². The Kier molecular flexibility index (Phi) is 5.25. The number of fused-ring (bicyclic) bond motifs is 1. The molecule has 0 aliphatic carbocycles. The average molecular weight is 381 g/mol. The van der Waals surface area contributed by atoms with Crippen molar-refractivity contribution in [1.82, 2.24) is 9.99 Å². The Labute approximate surface area is 170 Å². The molecule has 0 unspecified atom stereocenters. The minimum absolute atomic E-state index is 0.216. The lowest BCUT2D eigenvalue weighted by Crippen LogP contribution is -2.17. The summed E-state index contributed by atoms with van der Waals surface area (Å²) in [5, 5.41) is 5.35. The molecule has 0 aliphatic heterocycles. The van der Waals surface area contributed by atoms with E-state index in [1.165, 1.54) is 5.56 Å². The number of rotatable bonds is 5. The van der Waals surface area contributed by atoms with Gasteiger partial charge in [-0.15, -0.1) is 0 Å². The van der Waals surface area contributed by atoms with Gasteiger partial charge in [0.15, 0.2) is 0 Å². The van der Waals surface area contributed by atoms with Crippen LogP contribution in [0.15, 0.2) is 84.0 Å². The number of para-hydroxylation sites is 1. The number of amides is 1. The highest BCUT2D eigenvalue weighted by molar-refractivity contribution is 6.02. The van der Waals surface area contributed by atoms with Crippen LogP contribution in [0.2, 0.25) is 0 Å². The Hall–Kier alpha value is -3.66. The topological polar surface area (TPSA) is 46.4 Å². The average Bonchev–Trinajstić information content (AvgIpc) is 3.01. The molecule has 0 radical (unpaired) electrons. The van der Waals surface area contributed by atoms with Crippen molar-refractivity contribution in [2.75, 3.05) is 0 Å². The molecule has 1 heterocycles. The SMILES string of the molecule is Cc1ccc(C(=O)N/N=C\c2c(C)n(Cc3ccccc3)c3ccccc23)cc1. The van der Waals surface area contributed by atoms with Gasteiger partial charge in [-0.25, -0.2) is 5.43 Å². The van der Waals surface area contributed by atoms with Crippen LogP contribution in [0.25, 0.3) is 10.9 Å². The van der Waals surface area contributed by atoms with Crippen LogP contribution in [0.1, 0.15) is 32.7 Å². The molecular formula is C25H23N3O. The molecule has 0 spiro atoms. The Morgan fingerprint density at radius 1 is 0.931 bits per heavy atom. The van der Waals surface area contributed by atoms with E-state index in [-0.39, 0.29) is 5.91 Å². The quantitative estimate of drug-likeness (QED) is 0.381. The molecule has 4 nitrogen and oxygen atoms in total. The summed E-state index contributed by atoms with van der Waals surface area (Å²) in [6, 6.07) is 26.1. The van der Waals surface area contributed by atoms with Gasteiger partial charge in [-0.2, -0.15) is 5.10 Å². The fourth-order valence-electron chi connectivity index (χ4n) is 3.52. The Morgan fingerprint density at radius 3 is 2.38 bits per heavy atom. The third-order valence-electron chi connectivity index (χ3n) is 5.14. The molecule has 1 aromatic heterocycles. The van der Waals surface area contributed by atoms with Gasteiger partial charge in [0.25, 0.3) is 5.91 Å². The maximum Gasteiger partial charge on any atom is 0.271 e. The molecule has 4 aromatic rings. The zero-order valence-corrected chi connectivity index (χ0v) is 16.6. The Balaban J connectivity index is 1.62. The molecule has 1 N–H and O–H groups in total. The van der Waals surface area contributed by atoms with Crippen LogP contribution >= 0.6 is 0 Å². The second-order valence-electron chi connectivity index (χ2n) is 7.15. The minimum atomic E-state index is -0.216. The van der Waals surface area contributed by atoms with Gasteiger partial charge >= 0.3 is 0 Å². The third kappa shape index (κ3) is 3.97. The van der Waals surface area contributed by atoms with Crippen LogP contribution in [-0.2, 0) is 6.54 Å². The predicted molar refractivity (Wildman–Crippen MR) is 118 cm³/mol. The molecule has 4 rings (SSSR count). The number of carbonyl (C=O) groups excluding carboxylic acids is 1. The molecule has 4 heteroatoms. The van der Waals surface area contributed by atoms with E-state index in [0.717, 1.165) is 34.3 Å². The van der Waals surface area contributed by atoms with E-state index in [2.05, 4.69) is 58.4 Å². The lowest BCUT2D eigenvalue weighted by Gasteiger charge is -2.08. The minimum Gasteiger partial charge on any atom is -0.340 e. The number of nitrogens with zero attached hydrogens (tertiary/aromatic N) is 2. The van der Waals surface area contributed by atoms with Gasteiger partial charge in [0, 0.05) is 34.3 Å². The van der Waals surface area contributed by atoms with Crippen molar-refractivity contribution in [3.05, 3.63) is 107 Å². The molecule has 0 saturated heterocycles. The zero-order valence-electron chi connectivity index (χ0n) is 16.6. The van der Waals surface area contributed by atoms with Crippen LogP contribution in [0.5, 0.6) is 0 Å². The first-order chi connectivity index (χ1) is 14.1. The summed E-state index contributed by atoms with van der Waals surface area (Å²) < 4.78 is 2.29. The van der Waals surface area contributed by atoms with Crippen LogP contribution in [-0.4, -0.2) is 16.7 Å². The van der Waals surface area contributed by atoms with E-state index in [1.807, 2.05) is 37.3 Å². The normalized spacial score (nSPS) is 11.2. The number of carbonyl (C=O) groups is 1. The molecular weight excluding hydrogens is 358 g/mol. The number of nitrogens with one attached hydrogen (secondary N) is 1. The highest BCUT2D eigenvalue weighted by atomic mass is 16.2. The first-order valence-corrected chi connectivity index (χ1v) is 9.65. The fourth-order valence-corrected chi connectivity index (χ4v) is 3.52. The fraction of sp³-hybridized carbons (Fsp3) is 0.120. The van der Waals surface area contributed by atoms with Gasteiger partial charge in [-0.3, -0.25) is 4.79 Å². The van der Waals surface area contributed by atoms with Gasteiger partial charge in [0.2, 0.25) is 0 Å². The van der Waals surface area contributed by atoms with Gasteiger partial charge in [0.05, 0.1) is 6.21 Å². The highest BCUT2D eigenvalue weighted by Gasteiger charge is 2.13. The number of aryl methyl sites for hydroxylation is 1. The van der Waals surface area contributed by atoms with Crippen LogP contribution < -0.4 is 5.43 Å². The van der Waals surface area contributed by atoms with E-state index in [4.69, 9.17) is 0 Å². The predicted octanol–water partition coefficient (Wildman–Crippen LogP) is 5.07. The largest absolute Gasteiger partial charge is 0.340 e. The molecule has 0 bridgehead atoms. The van der Waals surface area contributed by atoms with E-state index >= 15 is 0 Å². The summed E-state index contributed by atoms with van der Waals surface area (Å²) in [6.45, 7) is 4.87. The summed E-state index contributed by atoms with van der Waals surface area (Å²) in [6.07, 6.45) is 1.74. The second kappa shape index (κ2) is 8.15. The summed E-state index contributed by atoms with van der Waals surface area (Å²) in [7, 11) is 0. The molecule has 1 amide bonds. The molecule has 144 valence electrons. The van der Waals surface area contributed by atoms with E-state index in [1.54, 1.807) is 18.3 Å². The molecule has 3 aromatic carbocycles. The van der Waals surface area contributed by atoms with Gasteiger partial charge in [-0.1, -0.05) is 66.2 Å². The Morgan fingerprint density at radius 2 is 1.62 bits per heavy atom. The molecule has 0 aliphatic rings. The van der Waals surface area contributed by atoms with Crippen LogP contribution in [0.4, 0.5) is 0 Å². The Bertz CT molecular complexity index is 1170. The highest BCUT2D eigenvalue weighted by Crippen LogP contribution is 2.25. The number of hydrazone groups is 1. The maximum absolute atomic E-state index is 12.3.